The second-order valence-corrected chi connectivity index (χ2v) is 12.7. The lowest BCUT2D eigenvalue weighted by molar-refractivity contribution is -0.142. The predicted octanol–water partition coefficient (Wildman–Crippen LogP) is -1.79. The molecule has 0 aliphatic rings. The van der Waals surface area contributed by atoms with E-state index in [0.29, 0.717) is 11.1 Å². The average molecular weight is 728 g/mol. The Hall–Kier alpha value is -5.91. The Morgan fingerprint density at radius 3 is 1.63 bits per heavy atom. The molecule has 5 amide bonds. The molecule has 2 aromatic carbocycles. The quantitative estimate of drug-likeness (QED) is 0.0386. The highest BCUT2D eigenvalue weighted by Crippen LogP contribution is 2.14. The zero-order chi connectivity index (χ0) is 39.0. The van der Waals surface area contributed by atoms with Gasteiger partial charge in [-0.05, 0) is 67.0 Å². The normalized spacial score (nSPS) is 13.8. The van der Waals surface area contributed by atoms with Crippen molar-refractivity contribution in [1.29, 1.82) is 0 Å². The van der Waals surface area contributed by atoms with Gasteiger partial charge < -0.3 is 59.5 Å². The maximum Gasteiger partial charge on any atom is 0.326 e. The minimum Gasteiger partial charge on any atom is -0.508 e. The highest BCUT2D eigenvalue weighted by atomic mass is 16.4. The van der Waals surface area contributed by atoms with Crippen LogP contribution in [0.25, 0.3) is 0 Å². The topological polar surface area (TPSA) is 328 Å². The Kier molecular flexibility index (Phi) is 16.8. The number of carboxylic acid groups (broad SMARTS) is 1. The van der Waals surface area contributed by atoms with Gasteiger partial charge in [-0.2, -0.15) is 0 Å². The fraction of sp³-hybridized carbons (Fsp3) is 0.441. The molecular formula is C34H49N9O9. The molecule has 2 aromatic rings. The van der Waals surface area contributed by atoms with E-state index in [9.17, 15) is 44.1 Å². The number of rotatable bonds is 21. The number of nitrogens with two attached hydrogens (primary N) is 4. The standard InChI is InChI=1S/C34H49N9O9/c1-18(2)14-25(42-32(50)27(17-28(36)46)41-29(47)23(35)15-19-5-9-21(44)10-6-19)30(48)43-26(16-20-7-11-22(45)12-8-20)31(49)40-24(33(51)52)4-3-13-39-34(37)38/h5-12,18,23-27,44-45H,3-4,13-17,35H2,1-2H3,(H2,36,46)(H,40,49)(H,41,47)(H,42,50)(H,43,48)(H,51,52)(H4,37,38,39)/t23-,24-,25-,26-,27-/m0/s1. The number of amides is 5. The molecule has 0 radical (unpaired) electrons. The summed E-state index contributed by atoms with van der Waals surface area (Å²) in [6, 6.07) is 5.12. The Morgan fingerprint density at radius 2 is 1.13 bits per heavy atom. The number of aliphatic carboxylic acids is 1. The van der Waals surface area contributed by atoms with Gasteiger partial charge in [0.1, 0.15) is 35.7 Å². The van der Waals surface area contributed by atoms with Crippen molar-refractivity contribution in [2.24, 2.45) is 33.8 Å². The Morgan fingerprint density at radius 1 is 0.673 bits per heavy atom. The van der Waals surface area contributed by atoms with Gasteiger partial charge in [0.2, 0.25) is 29.5 Å². The highest BCUT2D eigenvalue weighted by Gasteiger charge is 2.33. The molecule has 18 nitrogen and oxygen atoms in total. The number of guanidine groups is 1. The van der Waals surface area contributed by atoms with E-state index in [4.69, 9.17) is 22.9 Å². The fourth-order valence-electron chi connectivity index (χ4n) is 5.03. The van der Waals surface area contributed by atoms with Crippen LogP contribution in [0.2, 0.25) is 0 Å². The van der Waals surface area contributed by atoms with Gasteiger partial charge in [0, 0.05) is 13.0 Å². The highest BCUT2D eigenvalue weighted by molar-refractivity contribution is 5.97. The molecule has 0 bridgehead atoms. The maximum absolute atomic E-state index is 13.8. The predicted molar refractivity (Wildman–Crippen MR) is 190 cm³/mol. The Balaban J connectivity index is 2.27. The number of nitrogens with zero attached hydrogens (tertiary/aromatic N) is 1. The molecule has 2 rings (SSSR count). The maximum atomic E-state index is 13.8. The third kappa shape index (κ3) is 15.3. The van der Waals surface area contributed by atoms with Crippen molar-refractivity contribution in [1.82, 2.24) is 21.3 Å². The Bertz CT molecular complexity index is 1560. The lowest BCUT2D eigenvalue weighted by Crippen LogP contribution is -2.59. The number of phenolic OH excluding ortho intramolecular Hbond substituents is 2. The summed E-state index contributed by atoms with van der Waals surface area (Å²) >= 11 is 0. The minimum absolute atomic E-state index is 0.0210. The van der Waals surface area contributed by atoms with E-state index in [0.717, 1.165) is 0 Å². The number of aromatic hydroxyl groups is 2. The SMILES string of the molecule is CC(C)C[C@H](NC(=O)[C@H](CC(N)=O)NC(=O)[C@@H](N)Cc1ccc(O)cc1)C(=O)N[C@@H](Cc1ccc(O)cc1)C(=O)N[C@@H](CCCN=C(N)N)C(=O)O. The number of carboxylic acids is 1. The first kappa shape index (κ1) is 42.3. The first-order valence-electron chi connectivity index (χ1n) is 16.5. The van der Waals surface area contributed by atoms with Gasteiger partial charge in [0.15, 0.2) is 5.96 Å². The first-order valence-corrected chi connectivity index (χ1v) is 16.5. The Labute approximate surface area is 300 Å². The third-order valence-corrected chi connectivity index (χ3v) is 7.68. The van der Waals surface area contributed by atoms with Crippen LogP contribution in [0.3, 0.4) is 0 Å². The van der Waals surface area contributed by atoms with Crippen LogP contribution in [0, 0.1) is 5.92 Å². The van der Waals surface area contributed by atoms with Gasteiger partial charge in [-0.25, -0.2) is 4.79 Å². The van der Waals surface area contributed by atoms with Crippen LogP contribution >= 0.6 is 0 Å². The molecule has 0 spiro atoms. The van der Waals surface area contributed by atoms with Crippen molar-refractivity contribution < 1.29 is 44.1 Å². The molecule has 0 aromatic heterocycles. The molecule has 18 heteroatoms. The van der Waals surface area contributed by atoms with Crippen molar-refractivity contribution in [3.05, 3.63) is 59.7 Å². The van der Waals surface area contributed by atoms with Crippen molar-refractivity contribution in [3.8, 4) is 11.5 Å². The number of primary amides is 1. The zero-order valence-electron chi connectivity index (χ0n) is 29.1. The summed E-state index contributed by atoms with van der Waals surface area (Å²) < 4.78 is 0. The molecule has 0 saturated carbocycles. The molecule has 5 atom stereocenters. The number of hydrogen-bond donors (Lipinski definition) is 11. The monoisotopic (exact) mass is 727 g/mol. The molecular weight excluding hydrogens is 678 g/mol. The number of carbonyl (C=O) groups is 6. The lowest BCUT2D eigenvalue weighted by Gasteiger charge is -2.27. The third-order valence-electron chi connectivity index (χ3n) is 7.68. The minimum atomic E-state index is -1.51. The molecule has 284 valence electrons. The lowest BCUT2D eigenvalue weighted by atomic mass is 10.00. The summed E-state index contributed by atoms with van der Waals surface area (Å²) in [4.78, 5) is 81.4. The summed E-state index contributed by atoms with van der Waals surface area (Å²) in [6.07, 6.45) is -0.457. The smallest absolute Gasteiger partial charge is 0.326 e. The van der Waals surface area contributed by atoms with E-state index in [-0.39, 0.29) is 62.0 Å². The molecule has 0 fully saturated rings. The van der Waals surface area contributed by atoms with Crippen LogP contribution in [0.4, 0.5) is 0 Å². The van der Waals surface area contributed by atoms with Gasteiger partial charge in [0.05, 0.1) is 12.5 Å². The largest absolute Gasteiger partial charge is 0.508 e. The van der Waals surface area contributed by atoms with E-state index >= 15 is 0 Å². The van der Waals surface area contributed by atoms with Crippen molar-refractivity contribution in [3.63, 3.8) is 0 Å². The van der Waals surface area contributed by atoms with E-state index < -0.39 is 72.1 Å². The number of benzene rings is 2. The van der Waals surface area contributed by atoms with Gasteiger partial charge >= 0.3 is 5.97 Å². The van der Waals surface area contributed by atoms with E-state index in [1.165, 1.54) is 36.4 Å². The second kappa shape index (κ2) is 20.7. The molecule has 0 aliphatic heterocycles. The first-order chi connectivity index (χ1) is 24.4. The van der Waals surface area contributed by atoms with E-state index in [2.05, 4.69) is 26.3 Å². The van der Waals surface area contributed by atoms with Gasteiger partial charge in [-0.1, -0.05) is 38.1 Å². The van der Waals surface area contributed by atoms with Crippen LogP contribution in [0.15, 0.2) is 53.5 Å². The summed E-state index contributed by atoms with van der Waals surface area (Å²) in [5.74, 6) is -5.98. The molecule has 52 heavy (non-hydrogen) atoms. The van der Waals surface area contributed by atoms with Gasteiger partial charge in [-0.15, -0.1) is 0 Å². The number of hydrogen-bond acceptors (Lipinski definition) is 10. The number of phenols is 2. The molecule has 0 saturated heterocycles. The summed E-state index contributed by atoms with van der Waals surface area (Å²) in [6.45, 7) is 3.67. The van der Waals surface area contributed by atoms with Crippen molar-refractivity contribution in [2.45, 2.75) is 82.6 Å². The number of carbonyl (C=O) groups excluding carboxylic acids is 5. The summed E-state index contributed by atoms with van der Waals surface area (Å²) in [5.41, 5.74) is 23.2. The van der Waals surface area contributed by atoms with Gasteiger partial charge in [-0.3, -0.25) is 29.0 Å². The van der Waals surface area contributed by atoms with E-state index in [1.807, 2.05) is 0 Å². The molecule has 0 aliphatic carbocycles. The fourth-order valence-corrected chi connectivity index (χ4v) is 5.03. The second-order valence-electron chi connectivity index (χ2n) is 12.7. The molecule has 0 heterocycles. The van der Waals surface area contributed by atoms with Gasteiger partial charge in [0.25, 0.3) is 0 Å². The number of nitrogens with one attached hydrogen (secondary N) is 4. The van der Waals surface area contributed by atoms with Crippen LogP contribution in [0.1, 0.15) is 50.7 Å². The van der Waals surface area contributed by atoms with E-state index in [1.54, 1.807) is 26.0 Å². The van der Waals surface area contributed by atoms with Crippen LogP contribution in [-0.2, 0) is 41.6 Å². The average Bonchev–Trinajstić information content (AvgIpc) is 3.06. The summed E-state index contributed by atoms with van der Waals surface area (Å²) in [7, 11) is 0. The van der Waals surface area contributed by atoms with Crippen LogP contribution in [-0.4, -0.2) is 93.5 Å². The summed E-state index contributed by atoms with van der Waals surface area (Å²) in [5, 5.41) is 38.9. The molecule has 15 N–H and O–H groups in total. The molecule has 0 unspecified atom stereocenters. The van der Waals surface area contributed by atoms with Crippen LogP contribution in [0.5, 0.6) is 11.5 Å². The van der Waals surface area contributed by atoms with Crippen molar-refractivity contribution in [2.75, 3.05) is 6.54 Å². The van der Waals surface area contributed by atoms with Crippen molar-refractivity contribution >= 4 is 41.5 Å². The number of aliphatic imine (C=N–C) groups is 1. The zero-order valence-corrected chi connectivity index (χ0v) is 29.1. The van der Waals surface area contributed by atoms with Crippen LogP contribution < -0.4 is 44.2 Å².